The van der Waals surface area contributed by atoms with Crippen molar-refractivity contribution in [1.29, 1.82) is 0 Å². The van der Waals surface area contributed by atoms with Gasteiger partial charge >= 0.3 is 0 Å². The maximum Gasteiger partial charge on any atom is 0.0934 e. The number of likely N-dealkylation sites (N-methyl/N-ethyl adjacent to an activating group) is 1. The van der Waals surface area contributed by atoms with Crippen LogP contribution in [0.25, 0.3) is 10.4 Å². The molecule has 96 valence electrons. The summed E-state index contributed by atoms with van der Waals surface area (Å²) in [6.07, 6.45) is 1.07. The highest BCUT2D eigenvalue weighted by atomic mass is 35.5. The Hall–Kier alpha value is -0.830. The monoisotopic (exact) mass is 279 g/mol. The van der Waals surface area contributed by atoms with Crippen molar-refractivity contribution in [2.24, 2.45) is 0 Å². The van der Waals surface area contributed by atoms with Crippen molar-refractivity contribution in [3.05, 3.63) is 46.3 Å². The fourth-order valence-corrected chi connectivity index (χ4v) is 3.10. The van der Waals surface area contributed by atoms with Crippen molar-refractivity contribution >= 4 is 22.9 Å². The van der Waals surface area contributed by atoms with Crippen LogP contribution in [0.1, 0.15) is 19.4 Å². The zero-order valence-corrected chi connectivity index (χ0v) is 12.3. The molecule has 1 unspecified atom stereocenters. The summed E-state index contributed by atoms with van der Waals surface area (Å²) in [4.78, 5) is 1.23. The molecular weight excluding hydrogens is 262 g/mol. The van der Waals surface area contributed by atoms with Gasteiger partial charge in [-0.3, -0.25) is 0 Å². The average Bonchev–Trinajstić information content (AvgIpc) is 2.77. The van der Waals surface area contributed by atoms with Gasteiger partial charge in [-0.2, -0.15) is 0 Å². The minimum atomic E-state index is 0.525. The van der Waals surface area contributed by atoms with E-state index in [0.29, 0.717) is 6.04 Å². The van der Waals surface area contributed by atoms with E-state index in [1.807, 2.05) is 6.07 Å². The van der Waals surface area contributed by atoms with Crippen LogP contribution in [0.5, 0.6) is 0 Å². The molecule has 1 aromatic carbocycles. The second kappa shape index (κ2) is 6.37. The van der Waals surface area contributed by atoms with Crippen LogP contribution in [-0.4, -0.2) is 12.6 Å². The Morgan fingerprint density at radius 2 is 1.89 bits per heavy atom. The first-order chi connectivity index (χ1) is 8.69. The largest absolute Gasteiger partial charge is 0.314 e. The molecule has 1 aromatic heterocycles. The fourth-order valence-electron chi connectivity index (χ4n) is 2.05. The summed E-state index contributed by atoms with van der Waals surface area (Å²) in [7, 11) is 0. The Labute approximate surface area is 118 Å². The van der Waals surface area contributed by atoms with Gasteiger partial charge in [0, 0.05) is 10.9 Å². The van der Waals surface area contributed by atoms with E-state index >= 15 is 0 Å². The molecule has 18 heavy (non-hydrogen) atoms. The second-order valence-electron chi connectivity index (χ2n) is 4.46. The number of hydrogen-bond acceptors (Lipinski definition) is 2. The second-order valence-corrected chi connectivity index (χ2v) is 6.18. The van der Waals surface area contributed by atoms with Gasteiger partial charge in [-0.1, -0.05) is 42.8 Å². The molecule has 0 saturated carbocycles. The molecule has 0 saturated heterocycles. The van der Waals surface area contributed by atoms with Crippen molar-refractivity contribution in [3.63, 3.8) is 0 Å². The van der Waals surface area contributed by atoms with E-state index in [9.17, 15) is 0 Å². The van der Waals surface area contributed by atoms with Gasteiger partial charge in [-0.15, -0.1) is 11.3 Å². The quantitative estimate of drug-likeness (QED) is 0.843. The summed E-state index contributed by atoms with van der Waals surface area (Å²) in [5, 5.41) is 3.43. The van der Waals surface area contributed by atoms with Gasteiger partial charge in [0.2, 0.25) is 0 Å². The molecular formula is C15H18ClNS. The zero-order valence-electron chi connectivity index (χ0n) is 10.7. The van der Waals surface area contributed by atoms with Crippen molar-refractivity contribution < 1.29 is 0 Å². The van der Waals surface area contributed by atoms with E-state index < -0.39 is 0 Å². The molecule has 0 aliphatic rings. The number of rotatable bonds is 5. The van der Waals surface area contributed by atoms with E-state index in [0.717, 1.165) is 17.3 Å². The first-order valence-electron chi connectivity index (χ1n) is 6.27. The normalized spacial score (nSPS) is 12.6. The van der Waals surface area contributed by atoms with Crippen LogP contribution in [0.3, 0.4) is 0 Å². The summed E-state index contributed by atoms with van der Waals surface area (Å²) in [6, 6.07) is 13.3. The molecule has 0 radical (unpaired) electrons. The third-order valence-electron chi connectivity index (χ3n) is 2.91. The Morgan fingerprint density at radius 3 is 2.44 bits per heavy atom. The molecule has 0 fully saturated rings. The Morgan fingerprint density at radius 1 is 1.17 bits per heavy atom. The average molecular weight is 280 g/mol. The highest BCUT2D eigenvalue weighted by molar-refractivity contribution is 7.19. The maximum atomic E-state index is 5.96. The van der Waals surface area contributed by atoms with Crippen LogP contribution >= 0.6 is 22.9 Å². The summed E-state index contributed by atoms with van der Waals surface area (Å²) in [5.41, 5.74) is 2.61. The van der Waals surface area contributed by atoms with E-state index in [1.165, 1.54) is 16.0 Å². The van der Waals surface area contributed by atoms with Crippen molar-refractivity contribution in [2.45, 2.75) is 26.3 Å². The third-order valence-corrected chi connectivity index (χ3v) is 4.19. The Bertz CT molecular complexity index is 489. The van der Waals surface area contributed by atoms with Gasteiger partial charge in [0.1, 0.15) is 0 Å². The van der Waals surface area contributed by atoms with E-state index in [-0.39, 0.29) is 0 Å². The van der Waals surface area contributed by atoms with Crippen molar-refractivity contribution in [3.8, 4) is 10.4 Å². The van der Waals surface area contributed by atoms with Gasteiger partial charge in [-0.25, -0.2) is 0 Å². The van der Waals surface area contributed by atoms with Crippen molar-refractivity contribution in [2.75, 3.05) is 6.54 Å². The van der Waals surface area contributed by atoms with Crippen molar-refractivity contribution in [1.82, 2.24) is 5.32 Å². The number of benzene rings is 1. The van der Waals surface area contributed by atoms with E-state index in [2.05, 4.69) is 49.5 Å². The predicted molar refractivity (Wildman–Crippen MR) is 81.6 cm³/mol. The molecule has 1 heterocycles. The molecule has 1 nitrogen and oxygen atoms in total. The number of halogens is 1. The topological polar surface area (TPSA) is 12.0 Å². The molecule has 2 aromatic rings. The van der Waals surface area contributed by atoms with Gasteiger partial charge in [0.05, 0.1) is 4.34 Å². The van der Waals surface area contributed by atoms with Crippen LogP contribution in [-0.2, 0) is 6.42 Å². The Balaban J connectivity index is 2.06. The minimum Gasteiger partial charge on any atom is -0.314 e. The molecule has 0 amide bonds. The highest BCUT2D eigenvalue weighted by Gasteiger charge is 2.04. The number of nitrogens with one attached hydrogen (secondary N) is 1. The number of thiophene rings is 1. The summed E-state index contributed by atoms with van der Waals surface area (Å²) < 4.78 is 0.842. The fraction of sp³-hybridized carbons (Fsp3) is 0.333. The van der Waals surface area contributed by atoms with E-state index in [4.69, 9.17) is 11.6 Å². The SMILES string of the molecule is CCNC(C)Cc1ccc(-c2ccc(Cl)s2)cc1. The molecule has 0 aliphatic carbocycles. The van der Waals surface area contributed by atoms with Crippen LogP contribution in [0, 0.1) is 0 Å². The first-order valence-corrected chi connectivity index (χ1v) is 7.46. The van der Waals surface area contributed by atoms with Gasteiger partial charge in [0.15, 0.2) is 0 Å². The third kappa shape index (κ3) is 3.58. The lowest BCUT2D eigenvalue weighted by Crippen LogP contribution is -2.27. The standard InChI is InChI=1S/C15H18ClNS/c1-3-17-11(2)10-12-4-6-13(7-5-12)14-8-9-15(16)18-14/h4-9,11,17H,3,10H2,1-2H3. The predicted octanol–water partition coefficient (Wildman–Crippen LogP) is 4.61. The van der Waals surface area contributed by atoms with Gasteiger partial charge < -0.3 is 5.32 Å². The minimum absolute atomic E-state index is 0.525. The number of hydrogen-bond donors (Lipinski definition) is 1. The first kappa shape index (κ1) is 13.6. The molecule has 0 bridgehead atoms. The molecule has 1 atom stereocenters. The smallest absolute Gasteiger partial charge is 0.0934 e. The molecule has 0 aliphatic heterocycles. The summed E-state index contributed by atoms with van der Waals surface area (Å²) in [5.74, 6) is 0. The van der Waals surface area contributed by atoms with Crippen LogP contribution in [0.4, 0.5) is 0 Å². The molecule has 2 rings (SSSR count). The lowest BCUT2D eigenvalue weighted by atomic mass is 10.0. The molecule has 3 heteroatoms. The lowest BCUT2D eigenvalue weighted by molar-refractivity contribution is 0.565. The van der Waals surface area contributed by atoms with Gasteiger partial charge in [0.25, 0.3) is 0 Å². The molecule has 0 spiro atoms. The molecule has 1 N–H and O–H groups in total. The van der Waals surface area contributed by atoms with Crippen LogP contribution in [0.2, 0.25) is 4.34 Å². The van der Waals surface area contributed by atoms with Crippen LogP contribution < -0.4 is 5.32 Å². The van der Waals surface area contributed by atoms with E-state index in [1.54, 1.807) is 11.3 Å². The summed E-state index contributed by atoms with van der Waals surface area (Å²) >= 11 is 7.58. The van der Waals surface area contributed by atoms with Crippen LogP contribution in [0.15, 0.2) is 36.4 Å². The zero-order chi connectivity index (χ0) is 13.0. The van der Waals surface area contributed by atoms with Gasteiger partial charge in [-0.05, 0) is 43.1 Å². The Kier molecular flexibility index (Phi) is 4.81. The maximum absolute atomic E-state index is 5.96. The highest BCUT2D eigenvalue weighted by Crippen LogP contribution is 2.31. The lowest BCUT2D eigenvalue weighted by Gasteiger charge is -2.12. The summed E-state index contributed by atoms with van der Waals surface area (Å²) in [6.45, 7) is 5.38.